The van der Waals surface area contributed by atoms with Gasteiger partial charge in [0, 0.05) is 6.54 Å². The molecule has 3 nitrogen and oxygen atoms in total. The van der Waals surface area contributed by atoms with Gasteiger partial charge in [-0.1, -0.05) is 18.1 Å². The average Bonchev–Trinajstić information content (AvgIpc) is 2.36. The van der Waals surface area contributed by atoms with Gasteiger partial charge < -0.3 is 9.64 Å². The summed E-state index contributed by atoms with van der Waals surface area (Å²) in [4.78, 5) is 13.4. The van der Waals surface area contributed by atoms with Crippen molar-refractivity contribution in [2.45, 2.75) is 20.3 Å². The first-order valence-corrected chi connectivity index (χ1v) is 6.08. The Hall–Kier alpha value is -1.95. The van der Waals surface area contributed by atoms with Crippen LogP contribution >= 0.6 is 0 Å². The minimum absolute atomic E-state index is 0.0307. The van der Waals surface area contributed by atoms with Gasteiger partial charge in [0.2, 0.25) is 5.91 Å². The van der Waals surface area contributed by atoms with E-state index in [1.165, 1.54) is 0 Å². The molecule has 0 heterocycles. The molecule has 0 N–H and O–H groups in total. The Labute approximate surface area is 109 Å². The molecule has 0 atom stereocenters. The lowest BCUT2D eigenvalue weighted by atomic mass is 10.2. The van der Waals surface area contributed by atoms with Gasteiger partial charge in [0.05, 0.1) is 19.6 Å². The largest absolute Gasteiger partial charge is 0.493 e. The second-order valence-electron chi connectivity index (χ2n) is 4.03. The molecule has 0 bridgehead atoms. The van der Waals surface area contributed by atoms with Crippen LogP contribution in [0.25, 0.3) is 0 Å². The number of carbonyl (C=O) groups excluding carboxylic acids is 1. The van der Waals surface area contributed by atoms with Crippen molar-refractivity contribution >= 4 is 5.91 Å². The van der Waals surface area contributed by atoms with Crippen LogP contribution in [0.4, 0.5) is 0 Å². The number of hydrogen-bond acceptors (Lipinski definition) is 2. The van der Waals surface area contributed by atoms with E-state index >= 15 is 0 Å². The van der Waals surface area contributed by atoms with Crippen molar-refractivity contribution in [1.82, 2.24) is 4.90 Å². The molecule has 0 aromatic heterocycles. The highest BCUT2D eigenvalue weighted by atomic mass is 16.5. The van der Waals surface area contributed by atoms with Gasteiger partial charge in [-0.05, 0) is 31.5 Å². The molecule has 1 rings (SSSR count). The summed E-state index contributed by atoms with van der Waals surface area (Å²) in [5.74, 6) is 3.30. The normalized spacial score (nSPS) is 9.61. The number of benzene rings is 1. The van der Waals surface area contributed by atoms with E-state index < -0.39 is 0 Å². The van der Waals surface area contributed by atoms with E-state index in [1.54, 1.807) is 4.90 Å². The molecule has 0 aliphatic carbocycles. The van der Waals surface area contributed by atoms with Crippen LogP contribution in [0.15, 0.2) is 24.3 Å². The molecule has 96 valence electrons. The van der Waals surface area contributed by atoms with Crippen LogP contribution in [0, 0.1) is 19.3 Å². The van der Waals surface area contributed by atoms with Gasteiger partial charge >= 0.3 is 0 Å². The lowest BCUT2D eigenvalue weighted by Crippen LogP contribution is -2.32. The number of terminal acetylenes is 1. The molecule has 0 unspecified atom stereocenters. The first kappa shape index (κ1) is 14.1. The van der Waals surface area contributed by atoms with E-state index in [1.807, 2.05) is 38.1 Å². The topological polar surface area (TPSA) is 29.5 Å². The Morgan fingerprint density at radius 1 is 1.50 bits per heavy atom. The third-order valence-electron chi connectivity index (χ3n) is 2.59. The fourth-order valence-corrected chi connectivity index (χ4v) is 1.61. The fourth-order valence-electron chi connectivity index (χ4n) is 1.61. The summed E-state index contributed by atoms with van der Waals surface area (Å²) < 4.78 is 5.53. The van der Waals surface area contributed by atoms with Crippen LogP contribution in [-0.4, -0.2) is 30.5 Å². The first-order valence-electron chi connectivity index (χ1n) is 6.08. The van der Waals surface area contributed by atoms with Crippen LogP contribution in [0.2, 0.25) is 0 Å². The third kappa shape index (κ3) is 4.50. The zero-order chi connectivity index (χ0) is 13.4. The van der Waals surface area contributed by atoms with Crippen molar-refractivity contribution in [3.05, 3.63) is 29.8 Å². The predicted octanol–water partition coefficient (Wildman–Crippen LogP) is 2.25. The van der Waals surface area contributed by atoms with Crippen LogP contribution in [0.3, 0.4) is 0 Å². The Balaban J connectivity index is 2.37. The summed E-state index contributed by atoms with van der Waals surface area (Å²) in [6.45, 7) is 5.29. The number of nitrogens with zero attached hydrogens (tertiary/aromatic N) is 1. The zero-order valence-electron chi connectivity index (χ0n) is 11.0. The van der Waals surface area contributed by atoms with Gasteiger partial charge in [-0.15, -0.1) is 6.42 Å². The molecule has 0 saturated carbocycles. The van der Waals surface area contributed by atoms with E-state index in [4.69, 9.17) is 11.2 Å². The lowest BCUT2D eigenvalue weighted by Gasteiger charge is -2.17. The van der Waals surface area contributed by atoms with Gasteiger partial charge in [-0.25, -0.2) is 0 Å². The highest BCUT2D eigenvalue weighted by Crippen LogP contribution is 2.12. The smallest absolute Gasteiger partial charge is 0.226 e. The fraction of sp³-hybridized carbons (Fsp3) is 0.400. The van der Waals surface area contributed by atoms with E-state index in [0.29, 0.717) is 26.1 Å². The molecule has 0 radical (unpaired) electrons. The zero-order valence-corrected chi connectivity index (χ0v) is 11.0. The Morgan fingerprint density at radius 2 is 2.28 bits per heavy atom. The van der Waals surface area contributed by atoms with Crippen LogP contribution in [0.5, 0.6) is 5.75 Å². The molecule has 3 heteroatoms. The van der Waals surface area contributed by atoms with Crippen molar-refractivity contribution in [2.24, 2.45) is 0 Å². The van der Waals surface area contributed by atoms with Crippen molar-refractivity contribution in [1.29, 1.82) is 0 Å². The Bertz CT molecular complexity index is 434. The predicted molar refractivity (Wildman–Crippen MR) is 72.4 cm³/mol. The second kappa shape index (κ2) is 7.39. The van der Waals surface area contributed by atoms with E-state index in [0.717, 1.165) is 11.3 Å². The molecular weight excluding hydrogens is 226 g/mol. The van der Waals surface area contributed by atoms with Crippen molar-refractivity contribution in [3.63, 3.8) is 0 Å². The summed E-state index contributed by atoms with van der Waals surface area (Å²) in [6.07, 6.45) is 5.55. The molecule has 0 spiro atoms. The molecule has 0 saturated heterocycles. The Kier molecular flexibility index (Phi) is 5.79. The summed E-state index contributed by atoms with van der Waals surface area (Å²) in [5, 5.41) is 0. The summed E-state index contributed by atoms with van der Waals surface area (Å²) in [7, 11) is 0. The highest BCUT2D eigenvalue weighted by Gasteiger charge is 2.09. The minimum atomic E-state index is 0.0307. The van der Waals surface area contributed by atoms with Gasteiger partial charge in [0.1, 0.15) is 5.75 Å². The quantitative estimate of drug-likeness (QED) is 0.719. The summed E-state index contributed by atoms with van der Waals surface area (Å²) in [6, 6.07) is 7.77. The number of carbonyl (C=O) groups is 1. The van der Waals surface area contributed by atoms with Crippen molar-refractivity contribution in [2.75, 3.05) is 19.7 Å². The van der Waals surface area contributed by atoms with Crippen molar-refractivity contribution < 1.29 is 9.53 Å². The molecule has 18 heavy (non-hydrogen) atoms. The SMILES string of the molecule is C#CCN(CC)C(=O)CCOc1cccc(C)c1. The molecule has 0 aliphatic heterocycles. The number of hydrogen-bond donors (Lipinski definition) is 0. The Morgan fingerprint density at radius 3 is 2.89 bits per heavy atom. The summed E-state index contributed by atoms with van der Waals surface area (Å²) >= 11 is 0. The van der Waals surface area contributed by atoms with E-state index in [-0.39, 0.29) is 5.91 Å². The van der Waals surface area contributed by atoms with E-state index in [9.17, 15) is 4.79 Å². The van der Waals surface area contributed by atoms with Crippen LogP contribution in [-0.2, 0) is 4.79 Å². The maximum atomic E-state index is 11.8. The van der Waals surface area contributed by atoms with Crippen LogP contribution < -0.4 is 4.74 Å². The van der Waals surface area contributed by atoms with Gasteiger partial charge in [0.25, 0.3) is 0 Å². The number of ether oxygens (including phenoxy) is 1. The minimum Gasteiger partial charge on any atom is -0.493 e. The third-order valence-corrected chi connectivity index (χ3v) is 2.59. The average molecular weight is 245 g/mol. The molecule has 0 fully saturated rings. The van der Waals surface area contributed by atoms with Crippen molar-refractivity contribution in [3.8, 4) is 18.1 Å². The molecule has 0 aliphatic rings. The number of aryl methyl sites for hydroxylation is 1. The maximum Gasteiger partial charge on any atom is 0.226 e. The van der Waals surface area contributed by atoms with Gasteiger partial charge in [-0.2, -0.15) is 0 Å². The lowest BCUT2D eigenvalue weighted by molar-refractivity contribution is -0.130. The van der Waals surface area contributed by atoms with Gasteiger partial charge in [-0.3, -0.25) is 4.79 Å². The maximum absolute atomic E-state index is 11.8. The molecule has 1 aromatic carbocycles. The highest BCUT2D eigenvalue weighted by molar-refractivity contribution is 5.76. The number of amides is 1. The molecule has 1 aromatic rings. The van der Waals surface area contributed by atoms with Crippen LogP contribution in [0.1, 0.15) is 18.9 Å². The second-order valence-corrected chi connectivity index (χ2v) is 4.03. The monoisotopic (exact) mass is 245 g/mol. The van der Waals surface area contributed by atoms with Gasteiger partial charge in [0.15, 0.2) is 0 Å². The summed E-state index contributed by atoms with van der Waals surface area (Å²) in [5.41, 5.74) is 1.14. The molecular formula is C15H19NO2. The molecule has 1 amide bonds. The van der Waals surface area contributed by atoms with E-state index in [2.05, 4.69) is 5.92 Å². The number of rotatable bonds is 6. The first-order chi connectivity index (χ1) is 8.67. The standard InChI is InChI=1S/C15H19NO2/c1-4-10-16(5-2)15(17)9-11-18-14-8-6-7-13(3)12-14/h1,6-8,12H,5,9-11H2,2-3H3.